The van der Waals surface area contributed by atoms with E-state index in [1.165, 1.54) is 0 Å². The van der Waals surface area contributed by atoms with Crippen LogP contribution < -0.4 is 4.74 Å². The van der Waals surface area contributed by atoms with Crippen LogP contribution in [0.15, 0.2) is 30.3 Å². The van der Waals surface area contributed by atoms with Crippen molar-refractivity contribution in [1.29, 1.82) is 0 Å². The molecule has 27 heavy (non-hydrogen) atoms. The first-order valence-electron chi connectivity index (χ1n) is 8.46. The predicted octanol–water partition coefficient (Wildman–Crippen LogP) is 5.51. The van der Waals surface area contributed by atoms with Crippen LogP contribution in [-0.4, -0.2) is 11.0 Å². The Morgan fingerprint density at radius 1 is 1.22 bits per heavy atom. The maximum Gasteiger partial charge on any atom is 0.346 e. The van der Waals surface area contributed by atoms with E-state index in [2.05, 4.69) is 4.85 Å². The average Bonchev–Trinajstić information content (AvgIpc) is 2.87. The largest absolute Gasteiger partial charge is 0.458 e. The Balaban J connectivity index is 1.96. The molecule has 0 aromatic heterocycles. The lowest BCUT2D eigenvalue weighted by Gasteiger charge is -2.30. The Hall–Kier alpha value is -2.73. The monoisotopic (exact) mass is 387 g/mol. The Morgan fingerprint density at radius 3 is 2.59 bits per heavy atom. The van der Waals surface area contributed by atoms with Gasteiger partial charge in [0.15, 0.2) is 11.3 Å². The minimum Gasteiger partial charge on any atom is -0.458 e. The molecule has 2 aromatic rings. The first-order valence-corrected chi connectivity index (χ1v) is 7.46. The van der Waals surface area contributed by atoms with Gasteiger partial charge in [0.1, 0.15) is 23.5 Å². The summed E-state index contributed by atoms with van der Waals surface area (Å²) in [6.07, 6.45) is -6.75. The van der Waals surface area contributed by atoms with Crippen LogP contribution in [0.1, 0.15) is 32.0 Å². The van der Waals surface area contributed by atoms with E-state index >= 15 is 0 Å². The van der Waals surface area contributed by atoms with Crippen molar-refractivity contribution in [3.8, 4) is 11.5 Å². The summed E-state index contributed by atoms with van der Waals surface area (Å²) in [7, 11) is 0. The van der Waals surface area contributed by atoms with E-state index < -0.39 is 58.2 Å². The Kier molecular flexibility index (Phi) is 2.93. The first kappa shape index (κ1) is 15.3. The van der Waals surface area contributed by atoms with Gasteiger partial charge in [0.05, 0.1) is 6.57 Å². The van der Waals surface area contributed by atoms with E-state index in [1.807, 2.05) is 0 Å². The first-order chi connectivity index (χ1) is 13.3. The zero-order chi connectivity index (χ0) is 21.6. The standard InChI is InChI=1S/C18H9F6NO2/c1-25-9-4-8(19)5-10(6-9)27-13-3-2-11-15-14(13)12(20)7-16(15,26)18(23,24)17(11,21)22/h2-6,12,26H,7H2/t12-,16+/m0/s1/i7D2. The molecule has 0 radical (unpaired) electrons. The lowest BCUT2D eigenvalue weighted by atomic mass is 9.95. The van der Waals surface area contributed by atoms with Crippen molar-refractivity contribution in [2.24, 2.45) is 0 Å². The van der Waals surface area contributed by atoms with Crippen molar-refractivity contribution in [2.75, 3.05) is 0 Å². The van der Waals surface area contributed by atoms with Crippen LogP contribution in [-0.2, 0) is 11.5 Å². The molecule has 0 unspecified atom stereocenters. The molecular formula is C18H9F6NO2. The zero-order valence-electron chi connectivity index (χ0n) is 15.0. The highest BCUT2D eigenvalue weighted by atomic mass is 19.3. The van der Waals surface area contributed by atoms with Gasteiger partial charge < -0.3 is 9.84 Å². The molecule has 2 aromatic carbocycles. The molecule has 4 rings (SSSR count). The van der Waals surface area contributed by atoms with Crippen LogP contribution in [0.25, 0.3) is 4.85 Å². The number of halogens is 6. The second-order valence-corrected chi connectivity index (χ2v) is 6.13. The molecule has 0 saturated carbocycles. The molecule has 2 aliphatic carbocycles. The van der Waals surface area contributed by atoms with Crippen molar-refractivity contribution < 1.29 is 38.9 Å². The maximum absolute atomic E-state index is 14.9. The number of aliphatic hydroxyl groups is 1. The molecule has 0 aliphatic heterocycles. The van der Waals surface area contributed by atoms with Gasteiger partial charge in [0, 0.05) is 31.9 Å². The number of rotatable bonds is 2. The van der Waals surface area contributed by atoms with Gasteiger partial charge in [0.25, 0.3) is 0 Å². The quantitative estimate of drug-likeness (QED) is 0.545. The normalized spacial score (nSPS) is 29.5. The van der Waals surface area contributed by atoms with Crippen molar-refractivity contribution in [3.05, 3.63) is 64.3 Å². The molecule has 0 amide bonds. The summed E-state index contributed by atoms with van der Waals surface area (Å²) in [6.45, 7) is 6.89. The van der Waals surface area contributed by atoms with E-state index in [-0.39, 0.29) is 11.4 Å². The van der Waals surface area contributed by atoms with Crippen LogP contribution in [0.5, 0.6) is 11.5 Å². The summed E-state index contributed by atoms with van der Waals surface area (Å²) in [6, 6.07) is 3.85. The third kappa shape index (κ3) is 2.07. The second kappa shape index (κ2) is 5.16. The molecule has 3 nitrogen and oxygen atoms in total. The Labute approximate surface area is 151 Å². The number of alkyl halides is 5. The molecule has 1 N–H and O–H groups in total. The smallest absolute Gasteiger partial charge is 0.346 e. The Bertz CT molecular complexity index is 1100. The topological polar surface area (TPSA) is 33.8 Å². The highest BCUT2D eigenvalue weighted by Gasteiger charge is 2.79. The fraction of sp³-hybridized carbons (Fsp3) is 0.278. The summed E-state index contributed by atoms with van der Waals surface area (Å²) in [4.78, 5) is 2.99. The number of hydrogen-bond donors (Lipinski definition) is 1. The number of hydrogen-bond acceptors (Lipinski definition) is 2. The highest BCUT2D eigenvalue weighted by molar-refractivity contribution is 5.61. The summed E-state index contributed by atoms with van der Waals surface area (Å²) >= 11 is 0. The van der Waals surface area contributed by atoms with E-state index in [9.17, 15) is 31.4 Å². The number of nitrogens with zero attached hydrogens (tertiary/aromatic N) is 1. The predicted molar refractivity (Wildman–Crippen MR) is 80.4 cm³/mol. The molecule has 0 bridgehead atoms. The molecule has 2 aliphatic rings. The van der Waals surface area contributed by atoms with Crippen LogP contribution in [0.4, 0.5) is 32.0 Å². The van der Waals surface area contributed by atoms with E-state index in [0.717, 1.165) is 18.2 Å². The zero-order valence-corrected chi connectivity index (χ0v) is 13.0. The second-order valence-electron chi connectivity index (χ2n) is 6.13. The van der Waals surface area contributed by atoms with Crippen LogP contribution >= 0.6 is 0 Å². The van der Waals surface area contributed by atoms with Crippen molar-refractivity contribution in [2.45, 2.75) is 30.0 Å². The maximum atomic E-state index is 14.9. The highest BCUT2D eigenvalue weighted by Crippen LogP contribution is 2.68. The number of benzene rings is 2. The minimum absolute atomic E-state index is 0.209. The Morgan fingerprint density at radius 2 is 1.93 bits per heavy atom. The van der Waals surface area contributed by atoms with Crippen molar-refractivity contribution >= 4 is 5.69 Å². The third-order valence-corrected chi connectivity index (χ3v) is 4.56. The fourth-order valence-electron chi connectivity index (χ4n) is 3.36. The number of ether oxygens (including phenoxy) is 1. The molecule has 2 atom stereocenters. The fourth-order valence-corrected chi connectivity index (χ4v) is 3.36. The van der Waals surface area contributed by atoms with Crippen LogP contribution in [0.2, 0.25) is 0 Å². The van der Waals surface area contributed by atoms with Crippen molar-refractivity contribution in [1.82, 2.24) is 0 Å². The molecule has 9 heteroatoms. The van der Waals surface area contributed by atoms with Gasteiger partial charge in [-0.25, -0.2) is 13.6 Å². The third-order valence-electron chi connectivity index (χ3n) is 4.56. The molecular weight excluding hydrogens is 376 g/mol. The van der Waals surface area contributed by atoms with Gasteiger partial charge in [0.2, 0.25) is 0 Å². The van der Waals surface area contributed by atoms with E-state index in [0.29, 0.717) is 12.1 Å². The lowest BCUT2D eigenvalue weighted by molar-refractivity contribution is -0.287. The van der Waals surface area contributed by atoms with Gasteiger partial charge in [-0.1, -0.05) is 0 Å². The summed E-state index contributed by atoms with van der Waals surface area (Å²) in [5.74, 6) is -12.2. The van der Waals surface area contributed by atoms with Crippen LogP contribution in [0, 0.1) is 12.4 Å². The SMILES string of the molecule is [2H]C1([2H])[C@H](F)c2c(Oc3cc(F)cc([N+]#[C-])c3)ccc3c2[C@@]1(O)C(F)(F)C3(F)F. The van der Waals surface area contributed by atoms with Gasteiger partial charge in [-0.3, -0.25) is 0 Å². The summed E-state index contributed by atoms with van der Waals surface area (Å²) in [5.41, 5.74) is -8.07. The molecule has 0 heterocycles. The summed E-state index contributed by atoms with van der Waals surface area (Å²) < 4.78 is 106. The van der Waals surface area contributed by atoms with Gasteiger partial charge in [-0.15, -0.1) is 0 Å². The van der Waals surface area contributed by atoms with Gasteiger partial charge in [-0.05, 0) is 24.3 Å². The van der Waals surface area contributed by atoms with Gasteiger partial charge >= 0.3 is 11.8 Å². The lowest BCUT2D eigenvalue weighted by Crippen LogP contribution is -2.48. The van der Waals surface area contributed by atoms with E-state index in [1.54, 1.807) is 0 Å². The molecule has 0 spiro atoms. The van der Waals surface area contributed by atoms with Gasteiger partial charge in [-0.2, -0.15) is 17.6 Å². The molecule has 0 saturated heterocycles. The molecule has 140 valence electrons. The molecule has 0 fully saturated rings. The summed E-state index contributed by atoms with van der Waals surface area (Å²) in [5, 5.41) is 10.4. The minimum atomic E-state index is -5.34. The van der Waals surface area contributed by atoms with E-state index in [4.69, 9.17) is 14.1 Å². The average molecular weight is 387 g/mol. The van der Waals surface area contributed by atoms with Crippen molar-refractivity contribution in [3.63, 3.8) is 0 Å². The van der Waals surface area contributed by atoms with Crippen LogP contribution in [0.3, 0.4) is 0 Å².